The lowest BCUT2D eigenvalue weighted by molar-refractivity contribution is 1.11. The topological polar surface area (TPSA) is 0 Å². The van der Waals surface area contributed by atoms with Crippen molar-refractivity contribution in [3.63, 3.8) is 0 Å². The van der Waals surface area contributed by atoms with E-state index in [0.29, 0.717) is 5.25 Å². The highest BCUT2D eigenvalue weighted by Gasteiger charge is 1.98. The van der Waals surface area contributed by atoms with E-state index in [4.69, 9.17) is 0 Å². The maximum absolute atomic E-state index is 2.25. The van der Waals surface area contributed by atoms with Gasteiger partial charge in [-0.3, -0.25) is 0 Å². The van der Waals surface area contributed by atoms with Crippen LogP contribution in [-0.2, 0) is 0 Å². The van der Waals surface area contributed by atoms with Crippen LogP contribution in [0.25, 0.3) is 0 Å². The van der Waals surface area contributed by atoms with Crippen LogP contribution in [0.4, 0.5) is 0 Å². The van der Waals surface area contributed by atoms with Crippen LogP contribution in [0.5, 0.6) is 0 Å². The van der Waals surface area contributed by atoms with E-state index in [1.807, 2.05) is 11.8 Å². The lowest BCUT2D eigenvalue weighted by atomic mass is 10.4. The molecule has 0 aliphatic rings. The Bertz CT molecular complexity index is 243. The smallest absolute Gasteiger partial charge is 0.00857 e. The van der Waals surface area contributed by atoms with E-state index in [0.717, 1.165) is 0 Å². The first-order valence-corrected chi connectivity index (χ1v) is 6.13. The van der Waals surface area contributed by atoms with Crippen molar-refractivity contribution in [3.8, 4) is 0 Å². The van der Waals surface area contributed by atoms with Gasteiger partial charge in [-0.1, -0.05) is 19.9 Å². The standard InChI is InChI=1S/C10H14S2/c1-8(2)12-10-6-4-5-9(7-10)11-3/h4-8H,1-3H3. The lowest BCUT2D eigenvalue weighted by Gasteiger charge is -2.05. The first-order valence-electron chi connectivity index (χ1n) is 4.03. The molecule has 0 spiro atoms. The Labute approximate surface area is 83.1 Å². The van der Waals surface area contributed by atoms with Crippen LogP contribution in [0.2, 0.25) is 0 Å². The molecule has 0 N–H and O–H groups in total. The van der Waals surface area contributed by atoms with Crippen molar-refractivity contribution in [1.29, 1.82) is 0 Å². The molecule has 2 heteroatoms. The van der Waals surface area contributed by atoms with E-state index in [9.17, 15) is 0 Å². The molecule has 0 atom stereocenters. The van der Waals surface area contributed by atoms with Gasteiger partial charge in [-0.25, -0.2) is 0 Å². The summed E-state index contributed by atoms with van der Waals surface area (Å²) in [5.74, 6) is 0. The average Bonchev–Trinajstić information content (AvgIpc) is 2.03. The molecule has 0 saturated heterocycles. The Morgan fingerprint density at radius 1 is 1.17 bits per heavy atom. The first kappa shape index (κ1) is 10.0. The third-order valence-corrected chi connectivity index (χ3v) is 3.14. The highest BCUT2D eigenvalue weighted by molar-refractivity contribution is 8.00. The molecule has 0 heterocycles. The second-order valence-corrected chi connectivity index (χ2v) is 5.38. The highest BCUT2D eigenvalue weighted by atomic mass is 32.2. The summed E-state index contributed by atoms with van der Waals surface area (Å²) in [5, 5.41) is 0.669. The monoisotopic (exact) mass is 198 g/mol. The van der Waals surface area contributed by atoms with Gasteiger partial charge in [0.1, 0.15) is 0 Å². The van der Waals surface area contributed by atoms with Gasteiger partial charge in [-0.2, -0.15) is 0 Å². The fourth-order valence-corrected chi connectivity index (χ4v) is 2.38. The van der Waals surface area contributed by atoms with Gasteiger partial charge in [0.05, 0.1) is 0 Å². The van der Waals surface area contributed by atoms with Gasteiger partial charge < -0.3 is 0 Å². The molecule has 0 saturated carbocycles. The van der Waals surface area contributed by atoms with Crippen LogP contribution >= 0.6 is 23.5 Å². The molecule has 1 rings (SSSR count). The van der Waals surface area contributed by atoms with Crippen LogP contribution in [0.15, 0.2) is 34.1 Å². The van der Waals surface area contributed by atoms with Crippen molar-refractivity contribution in [3.05, 3.63) is 24.3 Å². The van der Waals surface area contributed by atoms with Crippen molar-refractivity contribution in [2.24, 2.45) is 0 Å². The number of hydrogen-bond acceptors (Lipinski definition) is 2. The average molecular weight is 198 g/mol. The van der Waals surface area contributed by atoms with E-state index >= 15 is 0 Å². The van der Waals surface area contributed by atoms with Crippen LogP contribution < -0.4 is 0 Å². The van der Waals surface area contributed by atoms with Crippen molar-refractivity contribution >= 4 is 23.5 Å². The molecule has 0 nitrogen and oxygen atoms in total. The second-order valence-electron chi connectivity index (χ2n) is 2.85. The molecule has 0 aromatic heterocycles. The SMILES string of the molecule is CSc1cccc(SC(C)C)c1. The molecule has 0 fully saturated rings. The van der Waals surface area contributed by atoms with Gasteiger partial charge in [-0.15, -0.1) is 23.5 Å². The van der Waals surface area contributed by atoms with Gasteiger partial charge in [0, 0.05) is 15.0 Å². The normalized spacial score (nSPS) is 10.7. The van der Waals surface area contributed by atoms with Gasteiger partial charge >= 0.3 is 0 Å². The Kier molecular flexibility index (Phi) is 4.02. The van der Waals surface area contributed by atoms with Crippen LogP contribution in [0.3, 0.4) is 0 Å². The Morgan fingerprint density at radius 3 is 2.42 bits per heavy atom. The fraction of sp³-hybridized carbons (Fsp3) is 0.400. The van der Waals surface area contributed by atoms with Crippen LogP contribution in [0, 0.1) is 0 Å². The third kappa shape index (κ3) is 3.11. The van der Waals surface area contributed by atoms with Gasteiger partial charge in [0.25, 0.3) is 0 Å². The third-order valence-electron chi connectivity index (χ3n) is 1.41. The highest BCUT2D eigenvalue weighted by Crippen LogP contribution is 2.26. The Balaban J connectivity index is 2.72. The Hall–Kier alpha value is -0.0800. The van der Waals surface area contributed by atoms with Crippen molar-refractivity contribution in [2.45, 2.75) is 28.9 Å². The number of hydrogen-bond donors (Lipinski definition) is 0. The van der Waals surface area contributed by atoms with E-state index in [1.54, 1.807) is 11.8 Å². The summed E-state index contributed by atoms with van der Waals surface area (Å²) in [6.07, 6.45) is 2.11. The predicted molar refractivity (Wildman–Crippen MR) is 59.2 cm³/mol. The quantitative estimate of drug-likeness (QED) is 0.675. The van der Waals surface area contributed by atoms with Crippen LogP contribution in [-0.4, -0.2) is 11.5 Å². The first-order chi connectivity index (χ1) is 5.72. The molecule has 0 radical (unpaired) electrons. The van der Waals surface area contributed by atoms with Crippen molar-refractivity contribution < 1.29 is 0 Å². The predicted octanol–water partition coefficient (Wildman–Crippen LogP) is 3.91. The molecule has 0 unspecified atom stereocenters. The molecule has 0 aliphatic heterocycles. The second kappa shape index (κ2) is 4.83. The number of thioether (sulfide) groups is 2. The molecule has 0 bridgehead atoms. The summed E-state index contributed by atoms with van der Waals surface area (Å²) in [4.78, 5) is 2.72. The minimum atomic E-state index is 0.669. The minimum absolute atomic E-state index is 0.669. The van der Waals surface area contributed by atoms with E-state index in [-0.39, 0.29) is 0 Å². The summed E-state index contributed by atoms with van der Waals surface area (Å²) < 4.78 is 0. The maximum atomic E-state index is 2.25. The van der Waals surface area contributed by atoms with Gasteiger partial charge in [0.15, 0.2) is 0 Å². The summed E-state index contributed by atoms with van der Waals surface area (Å²) in [5.41, 5.74) is 0. The van der Waals surface area contributed by atoms with E-state index in [1.165, 1.54) is 9.79 Å². The zero-order chi connectivity index (χ0) is 8.97. The molecule has 0 aliphatic carbocycles. The van der Waals surface area contributed by atoms with Crippen LogP contribution in [0.1, 0.15) is 13.8 Å². The van der Waals surface area contributed by atoms with Gasteiger partial charge in [0.2, 0.25) is 0 Å². The molecule has 1 aromatic carbocycles. The molecular weight excluding hydrogens is 184 g/mol. The molecule has 12 heavy (non-hydrogen) atoms. The summed E-state index contributed by atoms with van der Waals surface area (Å²) in [7, 11) is 0. The van der Waals surface area contributed by atoms with Crippen molar-refractivity contribution in [1.82, 2.24) is 0 Å². The maximum Gasteiger partial charge on any atom is 0.00857 e. The summed E-state index contributed by atoms with van der Waals surface area (Å²) >= 11 is 3.71. The Morgan fingerprint density at radius 2 is 1.83 bits per heavy atom. The zero-order valence-corrected chi connectivity index (χ0v) is 9.34. The number of benzene rings is 1. The van der Waals surface area contributed by atoms with E-state index in [2.05, 4.69) is 44.4 Å². The lowest BCUT2D eigenvalue weighted by Crippen LogP contribution is -1.85. The summed E-state index contributed by atoms with van der Waals surface area (Å²) in [6, 6.07) is 8.69. The van der Waals surface area contributed by atoms with E-state index < -0.39 is 0 Å². The fourth-order valence-electron chi connectivity index (χ4n) is 0.947. The summed E-state index contributed by atoms with van der Waals surface area (Å²) in [6.45, 7) is 4.44. The molecule has 0 amide bonds. The molecular formula is C10H14S2. The largest absolute Gasteiger partial charge is 0.130 e. The minimum Gasteiger partial charge on any atom is -0.130 e. The molecule has 1 aromatic rings. The zero-order valence-electron chi connectivity index (χ0n) is 7.70. The number of rotatable bonds is 3. The van der Waals surface area contributed by atoms with Gasteiger partial charge in [-0.05, 0) is 24.5 Å². The van der Waals surface area contributed by atoms with Crippen molar-refractivity contribution in [2.75, 3.05) is 6.26 Å². The molecule has 66 valence electrons.